The van der Waals surface area contributed by atoms with Crippen molar-refractivity contribution in [2.24, 2.45) is 4.99 Å². The van der Waals surface area contributed by atoms with Crippen molar-refractivity contribution in [3.8, 4) is 0 Å². The molecule has 3 rings (SSSR count). The Morgan fingerprint density at radius 3 is 3.13 bits per heavy atom. The third kappa shape index (κ3) is 1.47. The number of amidine groups is 1. The fourth-order valence-electron chi connectivity index (χ4n) is 1.78. The van der Waals surface area contributed by atoms with Crippen LogP contribution in [-0.2, 0) is 6.54 Å². The summed E-state index contributed by atoms with van der Waals surface area (Å²) in [6.07, 6.45) is 8.05. The predicted molar refractivity (Wildman–Crippen MR) is 62.4 cm³/mol. The minimum Gasteiger partial charge on any atom is -0.329 e. The molecule has 0 atom stereocenters. The Labute approximate surface area is 93.2 Å². The molecule has 0 spiro atoms. The first-order valence-corrected chi connectivity index (χ1v) is 5.19. The van der Waals surface area contributed by atoms with Crippen LogP contribution < -0.4 is 0 Å². The Morgan fingerprint density at radius 2 is 2.20 bits per heavy atom. The Bertz CT molecular complexity index is 500. The topological polar surface area (TPSA) is 15.6 Å². The monoisotopic (exact) mass is 216 g/mol. The fourth-order valence-corrected chi connectivity index (χ4v) is 1.95. The summed E-state index contributed by atoms with van der Waals surface area (Å²) in [4.78, 5) is 6.67. The molecule has 2 heterocycles. The van der Waals surface area contributed by atoms with Crippen LogP contribution in [0, 0.1) is 0 Å². The molecular weight excluding hydrogens is 208 g/mol. The van der Waals surface area contributed by atoms with Crippen LogP contribution in [0.5, 0.6) is 0 Å². The molecule has 74 valence electrons. The minimum absolute atomic E-state index is 0.738. The van der Waals surface area contributed by atoms with E-state index in [1.54, 1.807) is 0 Å². The van der Waals surface area contributed by atoms with Crippen molar-refractivity contribution in [3.63, 3.8) is 0 Å². The number of benzene rings is 1. The van der Waals surface area contributed by atoms with Crippen LogP contribution in [0.15, 0.2) is 47.6 Å². The van der Waals surface area contributed by atoms with Gasteiger partial charge in [-0.2, -0.15) is 0 Å². The van der Waals surface area contributed by atoms with E-state index in [1.165, 1.54) is 5.56 Å². The highest BCUT2D eigenvalue weighted by molar-refractivity contribution is 6.30. The molecular formula is C12H9ClN2. The third-order valence-electron chi connectivity index (χ3n) is 2.54. The molecule has 2 aliphatic rings. The van der Waals surface area contributed by atoms with E-state index in [-0.39, 0.29) is 0 Å². The van der Waals surface area contributed by atoms with E-state index in [9.17, 15) is 0 Å². The zero-order valence-corrected chi connectivity index (χ0v) is 8.78. The molecule has 0 N–H and O–H groups in total. The van der Waals surface area contributed by atoms with Crippen LogP contribution in [0.1, 0.15) is 5.56 Å². The van der Waals surface area contributed by atoms with E-state index < -0.39 is 0 Å². The van der Waals surface area contributed by atoms with Crippen LogP contribution >= 0.6 is 11.6 Å². The van der Waals surface area contributed by atoms with Crippen LogP contribution in [-0.4, -0.2) is 10.7 Å². The molecule has 0 aliphatic carbocycles. The van der Waals surface area contributed by atoms with Gasteiger partial charge in [-0.3, -0.25) is 0 Å². The zero-order chi connectivity index (χ0) is 10.3. The van der Waals surface area contributed by atoms with Crippen molar-refractivity contribution in [1.29, 1.82) is 0 Å². The van der Waals surface area contributed by atoms with Crippen molar-refractivity contribution in [2.45, 2.75) is 6.54 Å². The lowest BCUT2D eigenvalue weighted by atomic mass is 10.1. The summed E-state index contributed by atoms with van der Waals surface area (Å²) < 4.78 is 0. The Hall–Kier alpha value is -1.54. The summed E-state index contributed by atoms with van der Waals surface area (Å²) in [6.45, 7) is 0.867. The Kier molecular flexibility index (Phi) is 1.89. The highest BCUT2D eigenvalue weighted by Crippen LogP contribution is 2.30. The van der Waals surface area contributed by atoms with E-state index in [4.69, 9.17) is 11.6 Å². The number of rotatable bonds is 0. The molecule has 1 aromatic carbocycles. The largest absolute Gasteiger partial charge is 0.329 e. The maximum absolute atomic E-state index is 5.94. The van der Waals surface area contributed by atoms with E-state index in [1.807, 2.05) is 42.6 Å². The Morgan fingerprint density at radius 1 is 1.27 bits per heavy atom. The van der Waals surface area contributed by atoms with E-state index in [0.717, 1.165) is 23.1 Å². The normalized spacial score (nSPS) is 17.1. The van der Waals surface area contributed by atoms with Gasteiger partial charge in [0.25, 0.3) is 0 Å². The van der Waals surface area contributed by atoms with Gasteiger partial charge in [-0.25, -0.2) is 4.99 Å². The van der Waals surface area contributed by atoms with Crippen molar-refractivity contribution < 1.29 is 0 Å². The van der Waals surface area contributed by atoms with Gasteiger partial charge in [0.1, 0.15) is 5.84 Å². The molecule has 0 amide bonds. The van der Waals surface area contributed by atoms with Crippen LogP contribution in [0.4, 0.5) is 5.69 Å². The lowest BCUT2D eigenvalue weighted by molar-refractivity contribution is 0.544. The van der Waals surface area contributed by atoms with Gasteiger partial charge >= 0.3 is 0 Å². The van der Waals surface area contributed by atoms with E-state index in [0.29, 0.717) is 0 Å². The van der Waals surface area contributed by atoms with Gasteiger partial charge < -0.3 is 4.90 Å². The van der Waals surface area contributed by atoms with Crippen molar-refractivity contribution in [1.82, 2.24) is 4.90 Å². The van der Waals surface area contributed by atoms with Gasteiger partial charge in [0.05, 0.1) is 12.2 Å². The summed E-state index contributed by atoms with van der Waals surface area (Å²) in [7, 11) is 0. The molecule has 0 radical (unpaired) electrons. The molecule has 0 saturated heterocycles. The summed E-state index contributed by atoms with van der Waals surface area (Å²) in [5.74, 6) is 0.979. The van der Waals surface area contributed by atoms with E-state index in [2.05, 4.69) is 9.89 Å². The van der Waals surface area contributed by atoms with Gasteiger partial charge in [0, 0.05) is 11.2 Å². The van der Waals surface area contributed by atoms with Gasteiger partial charge in [0.15, 0.2) is 0 Å². The summed E-state index contributed by atoms with van der Waals surface area (Å²) in [5, 5.41) is 0.738. The number of hydrogen-bond acceptors (Lipinski definition) is 2. The lowest BCUT2D eigenvalue weighted by Gasteiger charge is -2.27. The van der Waals surface area contributed by atoms with Crippen molar-refractivity contribution in [3.05, 3.63) is 53.2 Å². The number of fused-ring (bicyclic) bond motifs is 2. The van der Waals surface area contributed by atoms with Gasteiger partial charge in [0.2, 0.25) is 0 Å². The summed E-state index contributed by atoms with van der Waals surface area (Å²) in [5.41, 5.74) is 2.19. The van der Waals surface area contributed by atoms with Gasteiger partial charge in [-0.15, -0.1) is 0 Å². The maximum atomic E-state index is 5.94. The molecule has 3 heteroatoms. The van der Waals surface area contributed by atoms with Crippen LogP contribution in [0.25, 0.3) is 0 Å². The zero-order valence-electron chi connectivity index (χ0n) is 8.02. The highest BCUT2D eigenvalue weighted by Gasteiger charge is 2.17. The van der Waals surface area contributed by atoms with Crippen molar-refractivity contribution >= 4 is 23.1 Å². The predicted octanol–water partition coefficient (Wildman–Crippen LogP) is 3.27. The van der Waals surface area contributed by atoms with Crippen LogP contribution in [0.2, 0.25) is 5.02 Å². The standard InChI is InChI=1S/C12H9ClN2/c13-10-5-4-9-8-15-6-2-1-3-12(15)14-11(9)7-10/h1-7H,8H2. The van der Waals surface area contributed by atoms with E-state index >= 15 is 0 Å². The number of aliphatic imine (C=N–C) groups is 1. The number of nitrogens with zero attached hydrogens (tertiary/aromatic N) is 2. The second-order valence-electron chi connectivity index (χ2n) is 3.57. The molecule has 0 fully saturated rings. The van der Waals surface area contributed by atoms with Gasteiger partial charge in [-0.05, 0) is 29.8 Å². The smallest absolute Gasteiger partial charge is 0.133 e. The number of hydrogen-bond donors (Lipinski definition) is 0. The van der Waals surface area contributed by atoms with Crippen molar-refractivity contribution in [2.75, 3.05) is 0 Å². The average Bonchev–Trinajstić information content (AvgIpc) is 2.26. The Balaban J connectivity index is 2.12. The molecule has 0 aromatic heterocycles. The second kappa shape index (κ2) is 3.24. The first-order valence-electron chi connectivity index (χ1n) is 4.81. The molecule has 1 aromatic rings. The third-order valence-corrected chi connectivity index (χ3v) is 2.77. The quantitative estimate of drug-likeness (QED) is 0.650. The number of halogens is 1. The SMILES string of the molecule is Clc1ccc2c(c1)N=C1C=CC=CN1C2. The molecule has 0 saturated carbocycles. The fraction of sp³-hybridized carbons (Fsp3) is 0.0833. The first kappa shape index (κ1) is 8.74. The average molecular weight is 217 g/mol. The maximum Gasteiger partial charge on any atom is 0.133 e. The first-order chi connectivity index (χ1) is 7.33. The summed E-state index contributed by atoms with van der Waals surface area (Å²) in [6, 6.07) is 5.85. The highest BCUT2D eigenvalue weighted by atomic mass is 35.5. The molecule has 2 nitrogen and oxygen atoms in total. The second-order valence-corrected chi connectivity index (χ2v) is 4.01. The molecule has 0 unspecified atom stereocenters. The number of allylic oxidation sites excluding steroid dienone is 2. The van der Waals surface area contributed by atoms with Gasteiger partial charge in [-0.1, -0.05) is 23.7 Å². The molecule has 2 aliphatic heterocycles. The molecule has 15 heavy (non-hydrogen) atoms. The van der Waals surface area contributed by atoms with Crippen LogP contribution in [0.3, 0.4) is 0 Å². The molecule has 0 bridgehead atoms. The lowest BCUT2D eigenvalue weighted by Crippen LogP contribution is -2.27. The summed E-state index contributed by atoms with van der Waals surface area (Å²) >= 11 is 5.94. The minimum atomic E-state index is 0.738.